The van der Waals surface area contributed by atoms with Crippen molar-refractivity contribution in [2.45, 2.75) is 57.3 Å². The SMILES string of the molecule is CCC(C)(C#N)C(=O)OC1C2CC3(C(F)(F)F)C(=O)OC1C3O2. The van der Waals surface area contributed by atoms with Crippen LogP contribution in [-0.4, -0.2) is 42.5 Å². The van der Waals surface area contributed by atoms with Gasteiger partial charge in [-0.25, -0.2) is 0 Å². The molecule has 0 aromatic rings. The van der Waals surface area contributed by atoms with Crippen LogP contribution in [0.1, 0.15) is 26.7 Å². The number of esters is 2. The van der Waals surface area contributed by atoms with Crippen molar-refractivity contribution in [3.8, 4) is 6.07 Å². The molecule has 0 aliphatic carbocycles. The van der Waals surface area contributed by atoms with Gasteiger partial charge in [0, 0.05) is 6.42 Å². The quantitative estimate of drug-likeness (QED) is 0.727. The van der Waals surface area contributed by atoms with Crippen molar-refractivity contribution in [2.75, 3.05) is 0 Å². The molecule has 6 unspecified atom stereocenters. The van der Waals surface area contributed by atoms with E-state index in [1.807, 2.05) is 6.07 Å². The summed E-state index contributed by atoms with van der Waals surface area (Å²) >= 11 is 0. The highest BCUT2D eigenvalue weighted by molar-refractivity contribution is 5.84. The summed E-state index contributed by atoms with van der Waals surface area (Å²) in [6, 6.07) is 1.83. The Morgan fingerprint density at radius 1 is 1.52 bits per heavy atom. The van der Waals surface area contributed by atoms with Gasteiger partial charge in [-0.2, -0.15) is 18.4 Å². The molecule has 0 saturated carbocycles. The van der Waals surface area contributed by atoms with Crippen molar-refractivity contribution >= 4 is 11.9 Å². The minimum absolute atomic E-state index is 0.181. The number of hydrogen-bond acceptors (Lipinski definition) is 6. The van der Waals surface area contributed by atoms with Crippen molar-refractivity contribution in [1.29, 1.82) is 5.26 Å². The first-order valence-corrected chi connectivity index (χ1v) is 7.16. The normalized spacial score (nSPS) is 40.4. The summed E-state index contributed by atoms with van der Waals surface area (Å²) < 4.78 is 55.2. The molecule has 6 atom stereocenters. The highest BCUT2D eigenvalue weighted by Gasteiger charge is 2.82. The zero-order chi connectivity index (χ0) is 17.2. The predicted octanol–water partition coefficient (Wildman–Crippen LogP) is 1.48. The van der Waals surface area contributed by atoms with Crippen LogP contribution in [0.5, 0.6) is 0 Å². The lowest BCUT2D eigenvalue weighted by Gasteiger charge is -2.31. The zero-order valence-corrected chi connectivity index (χ0v) is 12.3. The summed E-state index contributed by atoms with van der Waals surface area (Å²) in [5, 5.41) is 9.07. The molecule has 3 aliphatic rings. The van der Waals surface area contributed by atoms with Crippen LogP contribution < -0.4 is 0 Å². The molecule has 6 nitrogen and oxygen atoms in total. The molecule has 0 N–H and O–H groups in total. The second-order valence-corrected chi connectivity index (χ2v) is 6.31. The number of ether oxygens (including phenoxy) is 3. The van der Waals surface area contributed by atoms with Crippen LogP contribution in [0.4, 0.5) is 13.2 Å². The second kappa shape index (κ2) is 4.60. The number of alkyl halides is 3. The first-order valence-electron chi connectivity index (χ1n) is 7.16. The van der Waals surface area contributed by atoms with E-state index in [4.69, 9.17) is 19.5 Å². The van der Waals surface area contributed by atoms with Crippen LogP contribution >= 0.6 is 0 Å². The highest BCUT2D eigenvalue weighted by atomic mass is 19.4. The molecular weight excluding hydrogens is 319 g/mol. The molecule has 0 radical (unpaired) electrons. The number of carbonyl (C=O) groups excluding carboxylic acids is 2. The zero-order valence-electron chi connectivity index (χ0n) is 12.3. The van der Waals surface area contributed by atoms with Gasteiger partial charge in [0.1, 0.15) is 12.2 Å². The summed E-state index contributed by atoms with van der Waals surface area (Å²) in [6.07, 6.45) is -10.2. The van der Waals surface area contributed by atoms with Gasteiger partial charge in [-0.3, -0.25) is 9.59 Å². The predicted molar refractivity (Wildman–Crippen MR) is 65.5 cm³/mol. The topological polar surface area (TPSA) is 85.6 Å². The van der Waals surface area contributed by atoms with Crippen molar-refractivity contribution in [3.63, 3.8) is 0 Å². The van der Waals surface area contributed by atoms with Gasteiger partial charge in [-0.05, 0) is 13.3 Å². The maximum absolute atomic E-state index is 13.3. The third-order valence-corrected chi connectivity index (χ3v) is 5.08. The Morgan fingerprint density at radius 2 is 2.17 bits per heavy atom. The number of hydrogen-bond donors (Lipinski definition) is 0. The Kier molecular flexibility index (Phi) is 3.21. The van der Waals surface area contributed by atoms with E-state index in [2.05, 4.69) is 0 Å². The minimum Gasteiger partial charge on any atom is -0.455 e. The lowest BCUT2D eigenvalue weighted by Crippen LogP contribution is -2.52. The van der Waals surface area contributed by atoms with Crippen LogP contribution in [0.25, 0.3) is 0 Å². The molecule has 23 heavy (non-hydrogen) atoms. The number of rotatable bonds is 3. The third kappa shape index (κ3) is 1.84. The van der Waals surface area contributed by atoms with Crippen LogP contribution in [0.2, 0.25) is 0 Å². The first-order chi connectivity index (χ1) is 10.6. The fraction of sp³-hybridized carbons (Fsp3) is 0.786. The van der Waals surface area contributed by atoms with E-state index < -0.39 is 59.8 Å². The molecule has 3 aliphatic heterocycles. The van der Waals surface area contributed by atoms with E-state index in [1.54, 1.807) is 6.92 Å². The highest BCUT2D eigenvalue weighted by Crippen LogP contribution is 2.62. The molecule has 0 amide bonds. The molecule has 3 rings (SSSR count). The van der Waals surface area contributed by atoms with Gasteiger partial charge < -0.3 is 14.2 Å². The number of nitriles is 1. The fourth-order valence-electron chi connectivity index (χ4n) is 3.34. The van der Waals surface area contributed by atoms with Crippen LogP contribution in [-0.2, 0) is 23.8 Å². The fourth-order valence-corrected chi connectivity index (χ4v) is 3.34. The standard InChI is InChI=1S/C14H14F3NO5/c1-3-12(2,5-18)10(19)22-7-6-4-13(14(15,16)17)9(21-6)8(7)23-11(13)20/h6-9H,3-4H2,1-2H3. The average Bonchev–Trinajstić information content (AvgIpc) is 3.08. The Hall–Kier alpha value is -1.82. The average molecular weight is 333 g/mol. The maximum Gasteiger partial charge on any atom is 0.407 e. The van der Waals surface area contributed by atoms with Gasteiger partial charge in [-0.15, -0.1) is 0 Å². The largest absolute Gasteiger partial charge is 0.455 e. The first kappa shape index (κ1) is 16.1. The van der Waals surface area contributed by atoms with Gasteiger partial charge in [0.15, 0.2) is 23.0 Å². The Balaban J connectivity index is 1.83. The van der Waals surface area contributed by atoms with Gasteiger partial charge >= 0.3 is 18.1 Å². The molecule has 3 fully saturated rings. The van der Waals surface area contributed by atoms with E-state index in [0.717, 1.165) is 0 Å². The lowest BCUT2D eigenvalue weighted by atomic mass is 9.73. The number of carbonyl (C=O) groups is 2. The molecule has 9 heteroatoms. The molecule has 0 aromatic heterocycles. The lowest BCUT2D eigenvalue weighted by molar-refractivity contribution is -0.228. The smallest absolute Gasteiger partial charge is 0.407 e. The van der Waals surface area contributed by atoms with E-state index in [0.29, 0.717) is 0 Å². The molecular formula is C14H14F3NO5. The van der Waals surface area contributed by atoms with Gasteiger partial charge in [0.2, 0.25) is 0 Å². The minimum atomic E-state index is -4.79. The van der Waals surface area contributed by atoms with Crippen LogP contribution in [0, 0.1) is 22.2 Å². The van der Waals surface area contributed by atoms with E-state index >= 15 is 0 Å². The summed E-state index contributed by atoms with van der Waals surface area (Å²) in [4.78, 5) is 23.9. The third-order valence-electron chi connectivity index (χ3n) is 5.08. The Labute approximate surface area is 129 Å². The summed E-state index contributed by atoms with van der Waals surface area (Å²) in [5.74, 6) is -2.25. The summed E-state index contributed by atoms with van der Waals surface area (Å²) in [5.41, 5.74) is -4.08. The van der Waals surface area contributed by atoms with E-state index in [-0.39, 0.29) is 6.42 Å². The Morgan fingerprint density at radius 3 is 2.70 bits per heavy atom. The monoisotopic (exact) mass is 333 g/mol. The van der Waals surface area contributed by atoms with E-state index in [9.17, 15) is 22.8 Å². The summed E-state index contributed by atoms with van der Waals surface area (Å²) in [6.45, 7) is 3.00. The van der Waals surface area contributed by atoms with Gasteiger partial charge in [0.25, 0.3) is 0 Å². The second-order valence-electron chi connectivity index (χ2n) is 6.31. The van der Waals surface area contributed by atoms with Crippen molar-refractivity contribution in [2.24, 2.45) is 10.8 Å². The maximum atomic E-state index is 13.3. The number of nitrogens with zero attached hydrogens (tertiary/aromatic N) is 1. The molecule has 126 valence electrons. The summed E-state index contributed by atoms with van der Waals surface area (Å²) in [7, 11) is 0. The molecule has 0 spiro atoms. The number of fused-ring (bicyclic) bond motifs is 1. The van der Waals surface area contributed by atoms with E-state index in [1.165, 1.54) is 6.92 Å². The van der Waals surface area contributed by atoms with Crippen molar-refractivity contribution in [1.82, 2.24) is 0 Å². The van der Waals surface area contributed by atoms with Gasteiger partial charge in [-0.1, -0.05) is 6.92 Å². The molecule has 3 saturated heterocycles. The molecule has 3 heterocycles. The van der Waals surface area contributed by atoms with Gasteiger partial charge in [0.05, 0.1) is 6.07 Å². The van der Waals surface area contributed by atoms with Crippen molar-refractivity contribution < 1.29 is 37.0 Å². The van der Waals surface area contributed by atoms with Crippen LogP contribution in [0.15, 0.2) is 0 Å². The molecule has 2 bridgehead atoms. The number of halogens is 3. The van der Waals surface area contributed by atoms with Crippen LogP contribution in [0.3, 0.4) is 0 Å². The Bertz CT molecular complexity index is 615. The van der Waals surface area contributed by atoms with Crippen molar-refractivity contribution in [3.05, 3.63) is 0 Å². The molecule has 0 aromatic carbocycles.